The smallest absolute Gasteiger partial charge is 0.191 e. The van der Waals surface area contributed by atoms with E-state index in [1.807, 2.05) is 48.5 Å². The Morgan fingerprint density at radius 1 is 1.16 bits per heavy atom. The lowest BCUT2D eigenvalue weighted by molar-refractivity contribution is 0.265. The predicted octanol–water partition coefficient (Wildman–Crippen LogP) is 2.66. The van der Waals surface area contributed by atoms with Gasteiger partial charge in [-0.3, -0.25) is 4.99 Å². The second-order valence-electron chi connectivity index (χ2n) is 5.48. The van der Waals surface area contributed by atoms with Gasteiger partial charge in [0.25, 0.3) is 0 Å². The molecule has 0 saturated heterocycles. The fraction of sp³-hybridized carbons (Fsp3) is 0.316. The first-order valence-corrected chi connectivity index (χ1v) is 8.59. The molecule has 5 nitrogen and oxygen atoms in total. The highest BCUT2D eigenvalue weighted by Crippen LogP contribution is 2.16. The SMILES string of the molecule is CN=C(NCCOc1cccc(Cl)c1)NCC(CO)c1ccccc1. The molecule has 0 spiro atoms. The van der Waals surface area contributed by atoms with Gasteiger partial charge in [-0.05, 0) is 23.8 Å². The molecule has 0 aliphatic heterocycles. The molecule has 2 aromatic rings. The van der Waals surface area contributed by atoms with Crippen LogP contribution in [0, 0.1) is 0 Å². The number of halogens is 1. The Labute approximate surface area is 153 Å². The Hall–Kier alpha value is -2.24. The summed E-state index contributed by atoms with van der Waals surface area (Å²) in [5.74, 6) is 1.42. The van der Waals surface area contributed by atoms with E-state index in [2.05, 4.69) is 15.6 Å². The molecule has 3 N–H and O–H groups in total. The minimum absolute atomic E-state index is 0.0162. The number of nitrogens with zero attached hydrogens (tertiary/aromatic N) is 1. The number of hydrogen-bond acceptors (Lipinski definition) is 3. The van der Waals surface area contributed by atoms with Crippen LogP contribution in [0.2, 0.25) is 5.02 Å². The molecule has 2 aromatic carbocycles. The van der Waals surface area contributed by atoms with Gasteiger partial charge in [0.2, 0.25) is 0 Å². The van der Waals surface area contributed by atoms with E-state index in [0.717, 1.165) is 11.3 Å². The largest absolute Gasteiger partial charge is 0.492 e. The lowest BCUT2D eigenvalue weighted by Gasteiger charge is -2.18. The molecule has 0 aliphatic carbocycles. The first kappa shape index (κ1) is 19.1. The summed E-state index contributed by atoms with van der Waals surface area (Å²) in [6.07, 6.45) is 0. The van der Waals surface area contributed by atoms with Crippen LogP contribution in [0.25, 0.3) is 0 Å². The summed E-state index contributed by atoms with van der Waals surface area (Å²) >= 11 is 5.92. The van der Waals surface area contributed by atoms with Crippen molar-refractivity contribution in [3.63, 3.8) is 0 Å². The summed E-state index contributed by atoms with van der Waals surface area (Å²) in [6.45, 7) is 1.76. The van der Waals surface area contributed by atoms with E-state index in [1.165, 1.54) is 0 Å². The molecular formula is C19H24ClN3O2. The van der Waals surface area contributed by atoms with Gasteiger partial charge in [0, 0.05) is 24.5 Å². The first-order chi connectivity index (χ1) is 12.2. The molecule has 0 heterocycles. The van der Waals surface area contributed by atoms with Crippen molar-refractivity contribution in [3.8, 4) is 5.75 Å². The molecule has 0 bridgehead atoms. The fourth-order valence-electron chi connectivity index (χ4n) is 2.35. The van der Waals surface area contributed by atoms with Crippen molar-refractivity contribution in [1.29, 1.82) is 0 Å². The minimum atomic E-state index is 0.0162. The second kappa shape index (κ2) is 10.6. The van der Waals surface area contributed by atoms with Crippen molar-refractivity contribution in [3.05, 3.63) is 65.2 Å². The summed E-state index contributed by atoms with van der Waals surface area (Å²) in [5.41, 5.74) is 1.09. The third-order valence-electron chi connectivity index (χ3n) is 3.69. The topological polar surface area (TPSA) is 65.9 Å². The maximum Gasteiger partial charge on any atom is 0.191 e. The van der Waals surface area contributed by atoms with Crippen molar-refractivity contribution >= 4 is 17.6 Å². The van der Waals surface area contributed by atoms with Crippen LogP contribution in [-0.4, -0.2) is 44.4 Å². The van der Waals surface area contributed by atoms with Crippen molar-refractivity contribution in [2.75, 3.05) is 33.4 Å². The van der Waals surface area contributed by atoms with Gasteiger partial charge in [0.05, 0.1) is 13.2 Å². The Bertz CT molecular complexity index is 665. The molecule has 0 aliphatic rings. The maximum absolute atomic E-state index is 9.60. The molecular weight excluding hydrogens is 338 g/mol. The Kier molecular flexibility index (Phi) is 8.09. The zero-order valence-electron chi connectivity index (χ0n) is 14.3. The number of guanidine groups is 1. The van der Waals surface area contributed by atoms with Crippen LogP contribution in [0.1, 0.15) is 11.5 Å². The van der Waals surface area contributed by atoms with Crippen molar-refractivity contribution in [2.45, 2.75) is 5.92 Å². The highest BCUT2D eigenvalue weighted by atomic mass is 35.5. The fourth-order valence-corrected chi connectivity index (χ4v) is 2.53. The van der Waals surface area contributed by atoms with Crippen LogP contribution in [0.5, 0.6) is 5.75 Å². The van der Waals surface area contributed by atoms with E-state index < -0.39 is 0 Å². The van der Waals surface area contributed by atoms with E-state index in [4.69, 9.17) is 16.3 Å². The number of aliphatic hydroxyl groups excluding tert-OH is 1. The third kappa shape index (κ3) is 6.64. The molecule has 0 amide bonds. The van der Waals surface area contributed by atoms with Crippen molar-refractivity contribution in [1.82, 2.24) is 10.6 Å². The normalized spacial score (nSPS) is 12.5. The van der Waals surface area contributed by atoms with E-state index in [-0.39, 0.29) is 12.5 Å². The third-order valence-corrected chi connectivity index (χ3v) is 3.93. The van der Waals surface area contributed by atoms with Gasteiger partial charge in [0.15, 0.2) is 5.96 Å². The van der Waals surface area contributed by atoms with E-state index >= 15 is 0 Å². The van der Waals surface area contributed by atoms with Crippen LogP contribution in [0.4, 0.5) is 0 Å². The highest BCUT2D eigenvalue weighted by Gasteiger charge is 2.10. The summed E-state index contributed by atoms with van der Waals surface area (Å²) in [5, 5.41) is 16.7. The lowest BCUT2D eigenvalue weighted by Crippen LogP contribution is -2.41. The van der Waals surface area contributed by atoms with Crippen molar-refractivity contribution < 1.29 is 9.84 Å². The van der Waals surface area contributed by atoms with Crippen LogP contribution >= 0.6 is 11.6 Å². The summed E-state index contributed by atoms with van der Waals surface area (Å²) in [7, 11) is 1.71. The Morgan fingerprint density at radius 2 is 1.96 bits per heavy atom. The van der Waals surface area contributed by atoms with Crippen LogP contribution in [0.3, 0.4) is 0 Å². The highest BCUT2D eigenvalue weighted by molar-refractivity contribution is 6.30. The number of aliphatic imine (C=N–C) groups is 1. The number of nitrogens with one attached hydrogen (secondary N) is 2. The molecule has 1 unspecified atom stereocenters. The first-order valence-electron chi connectivity index (χ1n) is 8.21. The van der Waals surface area contributed by atoms with E-state index in [9.17, 15) is 5.11 Å². The van der Waals surface area contributed by atoms with Gasteiger partial charge in [-0.1, -0.05) is 48.0 Å². The van der Waals surface area contributed by atoms with Crippen LogP contribution < -0.4 is 15.4 Å². The second-order valence-corrected chi connectivity index (χ2v) is 5.91. The minimum Gasteiger partial charge on any atom is -0.492 e. The standard InChI is InChI=1S/C19H24ClN3O2/c1-21-19(22-10-11-25-18-9-5-8-17(20)12-18)23-13-16(14-24)15-6-3-2-4-7-15/h2-9,12,16,24H,10-11,13-14H2,1H3,(H2,21,22,23). The number of benzene rings is 2. The molecule has 2 rings (SSSR count). The van der Waals surface area contributed by atoms with Gasteiger partial charge in [-0.2, -0.15) is 0 Å². The van der Waals surface area contributed by atoms with Crippen LogP contribution in [-0.2, 0) is 0 Å². The van der Waals surface area contributed by atoms with Gasteiger partial charge < -0.3 is 20.5 Å². The molecule has 0 radical (unpaired) electrons. The van der Waals surface area contributed by atoms with Gasteiger partial charge in [-0.15, -0.1) is 0 Å². The van der Waals surface area contributed by atoms with E-state index in [1.54, 1.807) is 13.1 Å². The number of hydrogen-bond donors (Lipinski definition) is 3. The lowest BCUT2D eigenvalue weighted by atomic mass is 10.0. The van der Waals surface area contributed by atoms with E-state index in [0.29, 0.717) is 30.7 Å². The zero-order valence-corrected chi connectivity index (χ0v) is 15.0. The molecule has 0 saturated carbocycles. The number of ether oxygens (including phenoxy) is 1. The molecule has 134 valence electrons. The number of aliphatic hydroxyl groups is 1. The van der Waals surface area contributed by atoms with Gasteiger partial charge in [-0.25, -0.2) is 0 Å². The van der Waals surface area contributed by atoms with Gasteiger partial charge >= 0.3 is 0 Å². The monoisotopic (exact) mass is 361 g/mol. The van der Waals surface area contributed by atoms with Crippen LogP contribution in [0.15, 0.2) is 59.6 Å². The summed E-state index contributed by atoms with van der Waals surface area (Å²) in [6, 6.07) is 17.2. The maximum atomic E-state index is 9.60. The average molecular weight is 362 g/mol. The molecule has 1 atom stereocenters. The molecule has 6 heteroatoms. The number of rotatable bonds is 8. The van der Waals surface area contributed by atoms with Gasteiger partial charge in [0.1, 0.15) is 12.4 Å². The zero-order chi connectivity index (χ0) is 17.9. The Morgan fingerprint density at radius 3 is 2.64 bits per heavy atom. The van der Waals surface area contributed by atoms with Crippen molar-refractivity contribution in [2.24, 2.45) is 4.99 Å². The quantitative estimate of drug-likeness (QED) is 0.384. The molecule has 0 fully saturated rings. The average Bonchev–Trinajstić information content (AvgIpc) is 2.65. The predicted molar refractivity (Wildman–Crippen MR) is 103 cm³/mol. The summed E-state index contributed by atoms with van der Waals surface area (Å²) < 4.78 is 5.63. The Balaban J connectivity index is 1.73. The molecule has 0 aromatic heterocycles. The summed E-state index contributed by atoms with van der Waals surface area (Å²) in [4.78, 5) is 4.18. The molecule has 25 heavy (non-hydrogen) atoms.